The van der Waals surface area contributed by atoms with E-state index < -0.39 is 31.2 Å². The first-order valence-corrected chi connectivity index (χ1v) is 13.8. The van der Waals surface area contributed by atoms with E-state index in [0.717, 1.165) is 22.8 Å². The highest BCUT2D eigenvalue weighted by molar-refractivity contribution is 6.58. The molecule has 0 bridgehead atoms. The van der Waals surface area contributed by atoms with Crippen molar-refractivity contribution < 1.29 is 43.0 Å². The number of carbonyl (C=O) groups excluding carboxylic acids is 2. The Balaban J connectivity index is 1.70. The van der Waals surface area contributed by atoms with Crippen LogP contribution in [-0.2, 0) is 27.4 Å². The van der Waals surface area contributed by atoms with Crippen LogP contribution in [0, 0.1) is 12.7 Å². The number of nitrogens with one attached hydrogen (secondary N) is 1. The number of carbonyl (C=O) groups is 2. The number of ether oxygens (including phenoxy) is 4. The van der Waals surface area contributed by atoms with Crippen molar-refractivity contribution in [1.29, 1.82) is 0 Å². The summed E-state index contributed by atoms with van der Waals surface area (Å²) in [6.07, 6.45) is -1.91. The molecule has 0 fully saturated rings. The third-order valence-corrected chi connectivity index (χ3v) is 6.60. The molecule has 0 unspecified atom stereocenters. The Bertz CT molecular complexity index is 1380. The van der Waals surface area contributed by atoms with Gasteiger partial charge in [-0.3, -0.25) is 5.32 Å². The second kappa shape index (κ2) is 15.9. The molecule has 0 aliphatic heterocycles. The van der Waals surface area contributed by atoms with Crippen molar-refractivity contribution in [3.05, 3.63) is 88.7 Å². The monoisotopic (exact) mass is 596 g/mol. The molecule has 12 heteroatoms. The minimum Gasteiger partial charge on any atom is -0.485 e. The van der Waals surface area contributed by atoms with Gasteiger partial charge in [0, 0.05) is 37.4 Å². The Labute approximate surface area is 251 Å². The molecule has 0 radical (unpaired) electrons. The topological polar surface area (TPSA) is 127 Å². The summed E-state index contributed by atoms with van der Waals surface area (Å²) < 4.78 is 37.0. The molecule has 0 saturated heterocycles. The first-order chi connectivity index (χ1) is 20.5. The number of benzene rings is 3. The minimum absolute atomic E-state index is 0.0226. The van der Waals surface area contributed by atoms with Crippen molar-refractivity contribution in [3.63, 3.8) is 0 Å². The van der Waals surface area contributed by atoms with Crippen LogP contribution in [0.2, 0.25) is 0 Å². The summed E-state index contributed by atoms with van der Waals surface area (Å²) in [5.41, 5.74) is 3.29. The molecule has 3 N–H and O–H groups in total. The third kappa shape index (κ3) is 9.98. The van der Waals surface area contributed by atoms with Crippen molar-refractivity contribution in [3.8, 4) is 5.75 Å². The van der Waals surface area contributed by atoms with E-state index in [1.165, 1.54) is 25.1 Å². The molecule has 43 heavy (non-hydrogen) atoms. The van der Waals surface area contributed by atoms with Crippen molar-refractivity contribution >= 4 is 30.5 Å². The van der Waals surface area contributed by atoms with Gasteiger partial charge in [-0.2, -0.15) is 0 Å². The second-order valence-corrected chi connectivity index (χ2v) is 10.3. The average Bonchev–Trinajstić information content (AvgIpc) is 2.97. The molecule has 2 atom stereocenters. The molecule has 0 saturated carbocycles. The SMILES string of the molecule is COC[C@H](C)Oc1c(F)cc(NC(=O)OC[C@H](C)c2ccc(B(O)O)cc2C)cc1CN(C)C(=O)OCc1ccccc1. The van der Waals surface area contributed by atoms with E-state index in [1.807, 2.05) is 44.2 Å². The number of aryl methyl sites for hydroxylation is 1. The zero-order chi connectivity index (χ0) is 31.5. The molecule has 3 rings (SSSR count). The molecule has 0 heterocycles. The number of hydrogen-bond donors (Lipinski definition) is 3. The second-order valence-electron chi connectivity index (χ2n) is 10.3. The molecular weight excluding hydrogens is 558 g/mol. The van der Waals surface area contributed by atoms with Gasteiger partial charge in [0.05, 0.1) is 19.8 Å². The lowest BCUT2D eigenvalue weighted by Crippen LogP contribution is -2.30. The fraction of sp³-hybridized carbons (Fsp3) is 0.355. The fourth-order valence-electron chi connectivity index (χ4n) is 4.45. The Morgan fingerprint density at radius 1 is 1.02 bits per heavy atom. The smallest absolute Gasteiger partial charge is 0.485 e. The standard InChI is InChI=1S/C31H38BFN2O8/c1-20-13-25(32(38)39)11-12-27(20)21(2)17-41-30(36)34-26-14-24(29(28(33)15-26)43-22(3)18-40-5)16-35(4)31(37)42-19-23-9-7-6-8-10-23/h6-15,21-22,38-39H,16-19H2,1-5H3,(H,34,36)/t21-,22-/m0/s1. The van der Waals surface area contributed by atoms with Crippen molar-refractivity contribution in [1.82, 2.24) is 4.90 Å². The largest absolute Gasteiger partial charge is 0.488 e. The average molecular weight is 596 g/mol. The molecule has 0 aliphatic rings. The molecular formula is C31H38BFN2O8. The molecule has 0 aromatic heterocycles. The highest BCUT2D eigenvalue weighted by atomic mass is 19.1. The van der Waals surface area contributed by atoms with Gasteiger partial charge in [-0.25, -0.2) is 14.0 Å². The Morgan fingerprint density at radius 2 is 1.74 bits per heavy atom. The zero-order valence-corrected chi connectivity index (χ0v) is 25.0. The lowest BCUT2D eigenvalue weighted by molar-refractivity contribution is 0.0863. The van der Waals surface area contributed by atoms with Crippen LogP contribution in [0.25, 0.3) is 0 Å². The van der Waals surface area contributed by atoms with Crippen LogP contribution in [0.1, 0.15) is 42.0 Å². The van der Waals surface area contributed by atoms with Crippen molar-refractivity contribution in [2.45, 2.75) is 45.9 Å². The van der Waals surface area contributed by atoms with Crippen molar-refractivity contribution in [2.24, 2.45) is 0 Å². The van der Waals surface area contributed by atoms with Gasteiger partial charge in [0.1, 0.15) is 12.7 Å². The number of methoxy groups -OCH3 is 1. The fourth-order valence-corrected chi connectivity index (χ4v) is 4.45. The summed E-state index contributed by atoms with van der Waals surface area (Å²) in [4.78, 5) is 26.6. The van der Waals surface area contributed by atoms with Gasteiger partial charge in [0.2, 0.25) is 0 Å². The molecule has 0 aliphatic carbocycles. The van der Waals surface area contributed by atoms with E-state index >= 15 is 4.39 Å². The minimum atomic E-state index is -1.57. The van der Waals surface area contributed by atoms with Crippen LogP contribution in [0.4, 0.5) is 19.7 Å². The van der Waals surface area contributed by atoms with Crippen LogP contribution in [0.5, 0.6) is 5.75 Å². The number of amides is 2. The first-order valence-electron chi connectivity index (χ1n) is 13.8. The number of nitrogens with zero attached hydrogens (tertiary/aromatic N) is 1. The van der Waals surface area contributed by atoms with Gasteiger partial charge in [-0.05, 0) is 42.1 Å². The predicted octanol–water partition coefficient (Wildman–Crippen LogP) is 4.35. The zero-order valence-electron chi connectivity index (χ0n) is 25.0. The summed E-state index contributed by atoms with van der Waals surface area (Å²) in [6.45, 7) is 5.65. The van der Waals surface area contributed by atoms with Gasteiger partial charge in [0.25, 0.3) is 0 Å². The summed E-state index contributed by atoms with van der Waals surface area (Å²) in [5.74, 6) is -1.01. The van der Waals surface area contributed by atoms with Crippen LogP contribution >= 0.6 is 0 Å². The summed E-state index contributed by atoms with van der Waals surface area (Å²) in [6, 6.07) is 16.8. The summed E-state index contributed by atoms with van der Waals surface area (Å²) in [5, 5.41) is 21.3. The highest BCUT2D eigenvalue weighted by Gasteiger charge is 2.21. The van der Waals surface area contributed by atoms with E-state index in [0.29, 0.717) is 11.0 Å². The van der Waals surface area contributed by atoms with Crippen LogP contribution < -0.4 is 15.5 Å². The van der Waals surface area contributed by atoms with Crippen molar-refractivity contribution in [2.75, 3.05) is 32.7 Å². The van der Waals surface area contributed by atoms with Gasteiger partial charge >= 0.3 is 19.3 Å². The van der Waals surface area contributed by atoms with Crippen LogP contribution in [0.15, 0.2) is 60.7 Å². The van der Waals surface area contributed by atoms with Gasteiger partial charge in [0.15, 0.2) is 11.6 Å². The van der Waals surface area contributed by atoms with E-state index in [4.69, 9.17) is 18.9 Å². The first kappa shape index (κ1) is 33.4. The molecule has 3 aromatic carbocycles. The maximum absolute atomic E-state index is 15.3. The van der Waals surface area contributed by atoms with Gasteiger partial charge in [-0.1, -0.05) is 55.5 Å². The predicted molar refractivity (Wildman–Crippen MR) is 161 cm³/mol. The number of halogens is 1. The van der Waals surface area contributed by atoms with E-state index in [1.54, 1.807) is 25.1 Å². The number of rotatable bonds is 13. The molecule has 230 valence electrons. The normalized spacial score (nSPS) is 12.2. The quantitative estimate of drug-likeness (QED) is 0.249. The van der Waals surface area contributed by atoms with Crippen LogP contribution in [-0.4, -0.2) is 67.7 Å². The van der Waals surface area contributed by atoms with Gasteiger partial charge < -0.3 is 33.9 Å². The number of hydrogen-bond acceptors (Lipinski definition) is 8. The van der Waals surface area contributed by atoms with E-state index in [9.17, 15) is 19.6 Å². The molecule has 0 spiro atoms. The maximum atomic E-state index is 15.3. The lowest BCUT2D eigenvalue weighted by atomic mass is 9.78. The molecule has 10 nitrogen and oxygen atoms in total. The Morgan fingerprint density at radius 3 is 2.40 bits per heavy atom. The Kier molecular flexibility index (Phi) is 12.4. The Hall–Kier alpha value is -4.13. The molecule has 2 amide bonds. The number of anilines is 1. The highest BCUT2D eigenvalue weighted by Crippen LogP contribution is 2.30. The summed E-state index contributed by atoms with van der Waals surface area (Å²) in [7, 11) is 1.44. The van der Waals surface area contributed by atoms with E-state index in [-0.39, 0.29) is 43.7 Å². The third-order valence-electron chi connectivity index (χ3n) is 6.60. The van der Waals surface area contributed by atoms with Crippen LogP contribution in [0.3, 0.4) is 0 Å². The maximum Gasteiger partial charge on any atom is 0.488 e. The van der Waals surface area contributed by atoms with Gasteiger partial charge in [-0.15, -0.1) is 0 Å². The summed E-state index contributed by atoms with van der Waals surface area (Å²) >= 11 is 0. The molecule has 3 aromatic rings. The van der Waals surface area contributed by atoms with E-state index in [2.05, 4.69) is 5.32 Å². The lowest BCUT2D eigenvalue weighted by Gasteiger charge is -2.22.